The van der Waals surface area contributed by atoms with Crippen molar-refractivity contribution >= 4 is 49.4 Å². The third kappa shape index (κ3) is 3.69. The lowest BCUT2D eigenvalue weighted by Crippen LogP contribution is -2.32. The molecule has 1 aliphatic heterocycles. The molecule has 3 heterocycles. The predicted molar refractivity (Wildman–Crippen MR) is 139 cm³/mol. The number of methoxy groups -OCH3 is 1. The van der Waals surface area contributed by atoms with Crippen molar-refractivity contribution in [3.8, 4) is 17.1 Å². The van der Waals surface area contributed by atoms with Crippen LogP contribution in [0.3, 0.4) is 0 Å². The summed E-state index contributed by atoms with van der Waals surface area (Å²) in [6.45, 7) is 0.244. The van der Waals surface area contributed by atoms with E-state index in [4.69, 9.17) is 4.74 Å². The number of ether oxygens (including phenoxy) is 1. The first-order valence-electron chi connectivity index (χ1n) is 10.9. The molecule has 0 aliphatic carbocycles. The molecular weight excluding hydrogens is 547 g/mol. The molecule has 0 saturated heterocycles. The van der Waals surface area contributed by atoms with Crippen LogP contribution in [0.5, 0.6) is 5.75 Å². The second kappa shape index (κ2) is 8.65. The van der Waals surface area contributed by atoms with E-state index in [9.17, 15) is 14.0 Å². The highest BCUT2D eigenvalue weighted by molar-refractivity contribution is 9.10. The Bertz CT molecular complexity index is 1760. The smallest absolute Gasteiger partial charge is 0.291 e. The Labute approximate surface area is 216 Å². The Hall–Kier alpha value is -3.89. The number of nitrogens with zero attached hydrogens (tertiary/aromatic N) is 4. The topological polar surface area (TPSA) is 76.8 Å². The fourth-order valence-electron chi connectivity index (χ4n) is 4.20. The zero-order valence-electron chi connectivity index (χ0n) is 18.7. The van der Waals surface area contributed by atoms with E-state index < -0.39 is 5.56 Å². The molecule has 1 amide bonds. The van der Waals surface area contributed by atoms with Gasteiger partial charge in [0.2, 0.25) is 4.96 Å². The minimum atomic E-state index is -0.403. The highest BCUT2D eigenvalue weighted by Crippen LogP contribution is 2.38. The number of anilines is 1. The predicted octanol–water partition coefficient (Wildman–Crippen LogP) is 4.19. The molecule has 0 bridgehead atoms. The summed E-state index contributed by atoms with van der Waals surface area (Å²) in [5, 5.41) is 4.40. The number of benzene rings is 3. The third-order valence-corrected chi connectivity index (χ3v) is 7.49. The molecule has 6 rings (SSSR count). The van der Waals surface area contributed by atoms with Crippen LogP contribution in [0.4, 0.5) is 10.1 Å². The SMILES string of the molecule is COc1ccc(-c2nc3s/c(=C4\C(=O)N(Cc5ccc(F)cc5)c5ccc(Br)cc54)c(=O)n3n2)cc1. The Balaban J connectivity index is 1.48. The van der Waals surface area contributed by atoms with Gasteiger partial charge in [0, 0.05) is 15.6 Å². The maximum absolute atomic E-state index is 13.7. The molecular formula is C26H16BrFN4O3S. The van der Waals surface area contributed by atoms with Crippen molar-refractivity contribution in [3.63, 3.8) is 0 Å². The average Bonchev–Trinajstić information content (AvgIpc) is 3.51. The largest absolute Gasteiger partial charge is 0.497 e. The second-order valence-corrected chi connectivity index (χ2v) is 10.0. The van der Waals surface area contributed by atoms with Crippen molar-refractivity contribution in [2.24, 2.45) is 0 Å². The molecule has 5 aromatic rings. The maximum Gasteiger partial charge on any atom is 0.291 e. The first kappa shape index (κ1) is 22.6. The zero-order valence-corrected chi connectivity index (χ0v) is 21.1. The number of carbonyl (C=O) groups is 1. The fraction of sp³-hybridized carbons (Fsp3) is 0.0769. The van der Waals surface area contributed by atoms with E-state index in [1.54, 1.807) is 36.3 Å². The minimum Gasteiger partial charge on any atom is -0.497 e. The first-order valence-corrected chi connectivity index (χ1v) is 12.5. The number of fused-ring (bicyclic) bond motifs is 2. The van der Waals surface area contributed by atoms with Crippen molar-refractivity contribution in [1.82, 2.24) is 14.6 Å². The van der Waals surface area contributed by atoms with Crippen molar-refractivity contribution in [2.75, 3.05) is 12.0 Å². The molecule has 0 fully saturated rings. The normalized spacial score (nSPS) is 14.5. The number of hydrogen-bond acceptors (Lipinski definition) is 6. The number of carbonyl (C=O) groups excluding carboxylic acids is 1. The molecule has 0 spiro atoms. The molecule has 0 atom stereocenters. The van der Waals surface area contributed by atoms with E-state index in [1.165, 1.54) is 16.6 Å². The van der Waals surface area contributed by atoms with Gasteiger partial charge in [0.15, 0.2) is 5.82 Å². The molecule has 36 heavy (non-hydrogen) atoms. The van der Waals surface area contributed by atoms with Crippen LogP contribution in [-0.4, -0.2) is 27.6 Å². The van der Waals surface area contributed by atoms with Gasteiger partial charge in [0.05, 0.1) is 24.9 Å². The van der Waals surface area contributed by atoms with Crippen molar-refractivity contribution < 1.29 is 13.9 Å². The van der Waals surface area contributed by atoms with Crippen molar-refractivity contribution in [3.05, 3.63) is 103 Å². The third-order valence-electron chi connectivity index (χ3n) is 5.96. The maximum atomic E-state index is 13.7. The number of halogens is 2. The molecule has 3 aromatic carbocycles. The zero-order chi connectivity index (χ0) is 25.0. The Morgan fingerprint density at radius 3 is 2.47 bits per heavy atom. The van der Waals surface area contributed by atoms with Gasteiger partial charge in [-0.2, -0.15) is 9.50 Å². The lowest BCUT2D eigenvalue weighted by atomic mass is 10.1. The summed E-state index contributed by atoms with van der Waals surface area (Å²) in [6.07, 6.45) is 0. The van der Waals surface area contributed by atoms with Gasteiger partial charge >= 0.3 is 0 Å². The van der Waals surface area contributed by atoms with Gasteiger partial charge in [-0.1, -0.05) is 39.4 Å². The molecule has 0 saturated carbocycles. The van der Waals surface area contributed by atoms with Gasteiger partial charge in [0.25, 0.3) is 11.5 Å². The molecule has 0 N–H and O–H groups in total. The average molecular weight is 563 g/mol. The lowest BCUT2D eigenvalue weighted by molar-refractivity contribution is -0.113. The monoisotopic (exact) mass is 562 g/mol. The number of rotatable bonds is 4. The second-order valence-electron chi connectivity index (χ2n) is 8.15. The van der Waals surface area contributed by atoms with Crippen LogP contribution in [0, 0.1) is 5.82 Å². The number of amides is 1. The summed E-state index contributed by atoms with van der Waals surface area (Å²) in [6, 6.07) is 18.7. The van der Waals surface area contributed by atoms with Crippen LogP contribution in [0.15, 0.2) is 76.0 Å². The summed E-state index contributed by atoms with van der Waals surface area (Å²) < 4.78 is 20.9. The van der Waals surface area contributed by atoms with Gasteiger partial charge in [-0.15, -0.1) is 5.10 Å². The van der Waals surface area contributed by atoms with E-state index in [0.29, 0.717) is 33.4 Å². The molecule has 0 unspecified atom stereocenters. The van der Waals surface area contributed by atoms with Crippen LogP contribution < -0.4 is 19.7 Å². The van der Waals surface area contributed by atoms with Crippen molar-refractivity contribution in [2.45, 2.75) is 6.54 Å². The van der Waals surface area contributed by atoms with E-state index in [0.717, 1.165) is 26.9 Å². The van der Waals surface area contributed by atoms with E-state index in [1.807, 2.05) is 30.3 Å². The molecule has 2 aromatic heterocycles. The molecule has 10 heteroatoms. The summed E-state index contributed by atoms with van der Waals surface area (Å²) in [4.78, 5) is 33.6. The summed E-state index contributed by atoms with van der Waals surface area (Å²) in [5.74, 6) is 0.473. The van der Waals surface area contributed by atoms with Crippen molar-refractivity contribution in [1.29, 1.82) is 0 Å². The number of aromatic nitrogens is 3. The standard InChI is InChI=1S/C26H16BrFN4O3S/c1-35-18-9-4-15(5-10-18)23-29-26-32(30-23)25(34)22(36-26)21-19-12-16(27)6-11-20(19)31(24(21)33)13-14-2-7-17(28)8-3-14/h2-12H,13H2,1H3/b22-21-. The lowest BCUT2D eigenvalue weighted by Gasteiger charge is -2.17. The molecule has 7 nitrogen and oxygen atoms in total. The highest BCUT2D eigenvalue weighted by Gasteiger charge is 2.34. The van der Waals surface area contributed by atoms with Gasteiger partial charge in [-0.3, -0.25) is 9.59 Å². The summed E-state index contributed by atoms with van der Waals surface area (Å²) in [7, 11) is 1.59. The highest BCUT2D eigenvalue weighted by atomic mass is 79.9. The van der Waals surface area contributed by atoms with Gasteiger partial charge in [-0.05, 0) is 60.2 Å². The van der Waals surface area contributed by atoms with E-state index in [2.05, 4.69) is 26.0 Å². The quantitative estimate of drug-likeness (QED) is 0.328. The van der Waals surface area contributed by atoms with E-state index >= 15 is 0 Å². The van der Waals surface area contributed by atoms with Crippen LogP contribution in [-0.2, 0) is 11.3 Å². The van der Waals surface area contributed by atoms with Crippen LogP contribution in [0.2, 0.25) is 0 Å². The van der Waals surface area contributed by atoms with Gasteiger partial charge < -0.3 is 9.64 Å². The summed E-state index contributed by atoms with van der Waals surface area (Å²) in [5.41, 5.74) is 2.75. The molecule has 1 aliphatic rings. The molecule has 0 radical (unpaired) electrons. The van der Waals surface area contributed by atoms with Gasteiger partial charge in [-0.25, -0.2) is 4.39 Å². The molecule has 178 valence electrons. The van der Waals surface area contributed by atoms with Crippen LogP contribution in [0.25, 0.3) is 21.9 Å². The minimum absolute atomic E-state index is 0.244. The van der Waals surface area contributed by atoms with Crippen LogP contribution in [0.1, 0.15) is 11.1 Å². The summed E-state index contributed by atoms with van der Waals surface area (Å²) >= 11 is 4.60. The first-order chi connectivity index (χ1) is 17.4. The Morgan fingerprint density at radius 2 is 1.78 bits per heavy atom. The van der Waals surface area contributed by atoms with Crippen LogP contribution >= 0.6 is 27.3 Å². The number of thiazole rings is 1. The number of hydrogen-bond donors (Lipinski definition) is 0. The Morgan fingerprint density at radius 1 is 1.03 bits per heavy atom. The van der Waals surface area contributed by atoms with E-state index in [-0.39, 0.29) is 22.8 Å². The fourth-order valence-corrected chi connectivity index (χ4v) is 5.56. The Kier molecular flexibility index (Phi) is 5.42. The van der Waals surface area contributed by atoms with Gasteiger partial charge in [0.1, 0.15) is 16.1 Å².